The minimum atomic E-state index is 0.107. The van der Waals surface area contributed by atoms with Crippen LogP contribution in [0, 0.1) is 0 Å². The number of carbonyl (C=O) groups is 1. The average Bonchev–Trinajstić information content (AvgIpc) is 3.28. The summed E-state index contributed by atoms with van der Waals surface area (Å²) in [6, 6.07) is 0.685. The molecule has 3 rings (SSSR count). The van der Waals surface area contributed by atoms with Gasteiger partial charge in [-0.05, 0) is 38.8 Å². The van der Waals surface area contributed by atoms with Crippen LogP contribution in [-0.4, -0.2) is 64.1 Å². The molecule has 6 nitrogen and oxygen atoms in total. The van der Waals surface area contributed by atoms with Crippen molar-refractivity contribution in [2.45, 2.75) is 58.0 Å². The summed E-state index contributed by atoms with van der Waals surface area (Å²) in [6.07, 6.45) is 10.9. The van der Waals surface area contributed by atoms with Gasteiger partial charge in [0.05, 0.1) is 0 Å². The number of imidazole rings is 1. The standard InChI is InChI=1S/C18H31N5O/c1-2-17-19-9-14-22(17)12-6-8-20-18(24)23-13-7-16(15-23)21-10-4-3-5-11-21/h9,14,16H,2-8,10-13,15H2,1H3,(H,20,24)/t16-/m0/s1. The number of urea groups is 1. The molecule has 1 aromatic heterocycles. The average molecular weight is 333 g/mol. The third kappa shape index (κ3) is 4.29. The number of hydrogen-bond acceptors (Lipinski definition) is 3. The quantitative estimate of drug-likeness (QED) is 0.811. The number of aromatic nitrogens is 2. The number of nitrogens with zero attached hydrogens (tertiary/aromatic N) is 4. The van der Waals surface area contributed by atoms with Crippen LogP contribution in [0.15, 0.2) is 12.4 Å². The maximum Gasteiger partial charge on any atom is 0.317 e. The molecular formula is C18H31N5O. The number of hydrogen-bond donors (Lipinski definition) is 1. The molecule has 0 saturated carbocycles. The zero-order chi connectivity index (χ0) is 16.8. The highest BCUT2D eigenvalue weighted by Gasteiger charge is 2.30. The summed E-state index contributed by atoms with van der Waals surface area (Å²) < 4.78 is 2.17. The van der Waals surface area contributed by atoms with Gasteiger partial charge >= 0.3 is 6.03 Å². The van der Waals surface area contributed by atoms with Gasteiger partial charge < -0.3 is 14.8 Å². The Kier molecular flexibility index (Phi) is 6.12. The molecule has 0 aromatic carbocycles. The topological polar surface area (TPSA) is 53.4 Å². The van der Waals surface area contributed by atoms with Crippen molar-refractivity contribution < 1.29 is 4.79 Å². The molecule has 0 bridgehead atoms. The molecule has 1 atom stereocenters. The van der Waals surface area contributed by atoms with Crippen LogP contribution in [0.3, 0.4) is 0 Å². The van der Waals surface area contributed by atoms with E-state index in [9.17, 15) is 4.79 Å². The van der Waals surface area contributed by atoms with E-state index in [1.54, 1.807) is 0 Å². The lowest BCUT2D eigenvalue weighted by Gasteiger charge is -2.32. The van der Waals surface area contributed by atoms with Crippen LogP contribution in [0.1, 0.15) is 44.9 Å². The van der Waals surface area contributed by atoms with E-state index in [1.165, 1.54) is 32.4 Å². The first kappa shape index (κ1) is 17.3. The maximum atomic E-state index is 12.3. The van der Waals surface area contributed by atoms with Crippen molar-refractivity contribution in [1.29, 1.82) is 0 Å². The summed E-state index contributed by atoms with van der Waals surface area (Å²) >= 11 is 0. The predicted molar refractivity (Wildman–Crippen MR) is 95.0 cm³/mol. The van der Waals surface area contributed by atoms with Crippen LogP contribution in [0.2, 0.25) is 0 Å². The molecule has 6 heteroatoms. The van der Waals surface area contributed by atoms with Crippen LogP contribution < -0.4 is 5.32 Å². The normalized spacial score (nSPS) is 22.0. The smallest absolute Gasteiger partial charge is 0.317 e. The summed E-state index contributed by atoms with van der Waals surface area (Å²) in [5, 5.41) is 3.08. The molecule has 24 heavy (non-hydrogen) atoms. The number of carbonyl (C=O) groups excluding carboxylic acids is 1. The highest BCUT2D eigenvalue weighted by molar-refractivity contribution is 5.74. The van der Waals surface area contributed by atoms with Crippen molar-refractivity contribution in [1.82, 2.24) is 24.7 Å². The molecular weight excluding hydrogens is 302 g/mol. The van der Waals surface area contributed by atoms with Crippen molar-refractivity contribution in [2.24, 2.45) is 0 Å². The van der Waals surface area contributed by atoms with Crippen LogP contribution in [0.4, 0.5) is 4.79 Å². The second kappa shape index (κ2) is 8.51. The monoisotopic (exact) mass is 333 g/mol. The Bertz CT molecular complexity index is 523. The molecule has 1 aromatic rings. The van der Waals surface area contributed by atoms with Gasteiger partial charge in [0.1, 0.15) is 5.82 Å². The van der Waals surface area contributed by atoms with E-state index in [4.69, 9.17) is 0 Å². The molecule has 134 valence electrons. The minimum Gasteiger partial charge on any atom is -0.338 e. The fraction of sp³-hybridized carbons (Fsp3) is 0.778. The highest BCUT2D eigenvalue weighted by Crippen LogP contribution is 2.20. The van der Waals surface area contributed by atoms with E-state index in [0.717, 1.165) is 51.3 Å². The highest BCUT2D eigenvalue weighted by atomic mass is 16.2. The van der Waals surface area contributed by atoms with E-state index in [1.807, 2.05) is 17.3 Å². The summed E-state index contributed by atoms with van der Waals surface area (Å²) in [4.78, 5) is 21.2. The van der Waals surface area contributed by atoms with Crippen molar-refractivity contribution in [2.75, 3.05) is 32.7 Å². The van der Waals surface area contributed by atoms with E-state index < -0.39 is 0 Å². The largest absolute Gasteiger partial charge is 0.338 e. The van der Waals surface area contributed by atoms with E-state index in [0.29, 0.717) is 6.04 Å². The van der Waals surface area contributed by atoms with Gasteiger partial charge in [0.15, 0.2) is 0 Å². The molecule has 0 spiro atoms. The summed E-state index contributed by atoms with van der Waals surface area (Å²) in [7, 11) is 0. The molecule has 3 heterocycles. The molecule has 2 aliphatic heterocycles. The van der Waals surface area contributed by atoms with Gasteiger partial charge in [-0.25, -0.2) is 9.78 Å². The molecule has 2 aliphatic rings. The first-order chi connectivity index (χ1) is 11.8. The lowest BCUT2D eigenvalue weighted by Crippen LogP contribution is -2.44. The molecule has 0 radical (unpaired) electrons. The van der Waals surface area contributed by atoms with Gasteiger partial charge in [-0.2, -0.15) is 0 Å². The Morgan fingerprint density at radius 2 is 2.12 bits per heavy atom. The molecule has 0 aliphatic carbocycles. The fourth-order valence-corrected chi connectivity index (χ4v) is 3.92. The molecule has 1 N–H and O–H groups in total. The summed E-state index contributed by atoms with van der Waals surface area (Å²) in [5.41, 5.74) is 0. The summed E-state index contributed by atoms with van der Waals surface area (Å²) in [5.74, 6) is 1.12. The lowest BCUT2D eigenvalue weighted by atomic mass is 10.1. The molecule has 2 fully saturated rings. The van der Waals surface area contributed by atoms with Crippen LogP contribution in [0.25, 0.3) is 0 Å². The van der Waals surface area contributed by atoms with Gasteiger partial charge in [-0.3, -0.25) is 4.90 Å². The Balaban J connectivity index is 1.35. The summed E-state index contributed by atoms with van der Waals surface area (Å²) in [6.45, 7) is 7.98. The second-order valence-corrected chi connectivity index (χ2v) is 6.96. The van der Waals surface area contributed by atoms with Crippen LogP contribution in [0.5, 0.6) is 0 Å². The SMILES string of the molecule is CCc1nccn1CCCNC(=O)N1CC[C@H](N2CCCCC2)C1. The number of rotatable bonds is 6. The minimum absolute atomic E-state index is 0.107. The Labute approximate surface area is 145 Å². The Morgan fingerprint density at radius 3 is 2.92 bits per heavy atom. The Hall–Kier alpha value is -1.56. The molecule has 2 amide bonds. The third-order valence-corrected chi connectivity index (χ3v) is 5.33. The predicted octanol–water partition coefficient (Wildman–Crippen LogP) is 2.11. The third-order valence-electron chi connectivity index (χ3n) is 5.33. The first-order valence-electron chi connectivity index (χ1n) is 9.54. The molecule has 0 unspecified atom stereocenters. The lowest BCUT2D eigenvalue weighted by molar-refractivity contribution is 0.161. The first-order valence-corrected chi connectivity index (χ1v) is 9.54. The van der Waals surface area contributed by atoms with Crippen molar-refractivity contribution in [3.05, 3.63) is 18.2 Å². The number of likely N-dealkylation sites (tertiary alicyclic amines) is 2. The number of amides is 2. The van der Waals surface area contributed by atoms with Crippen LogP contribution >= 0.6 is 0 Å². The fourth-order valence-electron chi connectivity index (χ4n) is 3.92. The van der Waals surface area contributed by atoms with Crippen LogP contribution in [-0.2, 0) is 13.0 Å². The Morgan fingerprint density at radius 1 is 1.29 bits per heavy atom. The van der Waals surface area contributed by atoms with Gasteiger partial charge in [-0.15, -0.1) is 0 Å². The zero-order valence-electron chi connectivity index (χ0n) is 14.9. The maximum absolute atomic E-state index is 12.3. The van der Waals surface area contributed by atoms with Crippen molar-refractivity contribution >= 4 is 6.03 Å². The van der Waals surface area contributed by atoms with E-state index >= 15 is 0 Å². The van der Waals surface area contributed by atoms with Gasteiger partial charge in [0, 0.05) is 51.0 Å². The number of nitrogens with one attached hydrogen (secondary N) is 1. The zero-order valence-corrected chi connectivity index (χ0v) is 14.9. The second-order valence-electron chi connectivity index (χ2n) is 6.96. The van der Waals surface area contributed by atoms with Crippen molar-refractivity contribution in [3.63, 3.8) is 0 Å². The van der Waals surface area contributed by atoms with Gasteiger partial charge in [-0.1, -0.05) is 13.3 Å². The molecule has 2 saturated heterocycles. The number of piperidine rings is 1. The number of aryl methyl sites for hydroxylation is 2. The van der Waals surface area contributed by atoms with Gasteiger partial charge in [0.2, 0.25) is 0 Å². The van der Waals surface area contributed by atoms with E-state index in [2.05, 4.69) is 26.7 Å². The van der Waals surface area contributed by atoms with Crippen molar-refractivity contribution in [3.8, 4) is 0 Å². The van der Waals surface area contributed by atoms with Gasteiger partial charge in [0.25, 0.3) is 0 Å². The van der Waals surface area contributed by atoms with E-state index in [-0.39, 0.29) is 6.03 Å².